The molecule has 2 aromatic carbocycles. The van der Waals surface area contributed by atoms with E-state index in [2.05, 4.69) is 24.1 Å². The number of anilines is 1. The number of ether oxygens (including phenoxy) is 1. The molecule has 5 nitrogen and oxygen atoms in total. The third kappa shape index (κ3) is 6.41. The summed E-state index contributed by atoms with van der Waals surface area (Å²) in [5.74, 6) is 0.714. The van der Waals surface area contributed by atoms with E-state index >= 15 is 0 Å². The number of amides is 1. The zero-order valence-corrected chi connectivity index (χ0v) is 15.7. The Kier molecular flexibility index (Phi) is 7.96. The number of hydrogen-bond donors (Lipinski definition) is 2. The first-order valence-electron chi connectivity index (χ1n) is 9.20. The molecular formula is C21H29N3O2. The summed E-state index contributed by atoms with van der Waals surface area (Å²) in [5, 5.41) is 2.94. The highest BCUT2D eigenvalue weighted by molar-refractivity contribution is 5.94. The molecule has 0 fully saturated rings. The summed E-state index contributed by atoms with van der Waals surface area (Å²) in [6.45, 7) is 8.47. The molecule has 0 saturated heterocycles. The van der Waals surface area contributed by atoms with Crippen LogP contribution >= 0.6 is 0 Å². The van der Waals surface area contributed by atoms with Gasteiger partial charge in [0.2, 0.25) is 0 Å². The van der Waals surface area contributed by atoms with Gasteiger partial charge in [0.05, 0.1) is 0 Å². The maximum Gasteiger partial charge on any atom is 0.251 e. The van der Waals surface area contributed by atoms with E-state index in [-0.39, 0.29) is 5.91 Å². The summed E-state index contributed by atoms with van der Waals surface area (Å²) in [5.41, 5.74) is 8.20. The summed E-state index contributed by atoms with van der Waals surface area (Å²) in [4.78, 5) is 14.5. The first-order chi connectivity index (χ1) is 12.6. The fourth-order valence-corrected chi connectivity index (χ4v) is 2.64. The molecule has 2 aromatic rings. The number of nitrogen functional groups attached to an aromatic ring is 1. The minimum atomic E-state index is -0.0739. The van der Waals surface area contributed by atoms with Gasteiger partial charge in [0, 0.05) is 24.3 Å². The molecule has 0 aromatic heterocycles. The van der Waals surface area contributed by atoms with Gasteiger partial charge in [-0.25, -0.2) is 0 Å². The first kappa shape index (κ1) is 19.8. The Morgan fingerprint density at radius 2 is 1.69 bits per heavy atom. The van der Waals surface area contributed by atoms with Crippen LogP contribution in [0.3, 0.4) is 0 Å². The summed E-state index contributed by atoms with van der Waals surface area (Å²) in [6, 6.07) is 15.0. The van der Waals surface area contributed by atoms with Crippen LogP contribution in [0.1, 0.15) is 29.8 Å². The van der Waals surface area contributed by atoms with E-state index in [0.29, 0.717) is 18.7 Å². The summed E-state index contributed by atoms with van der Waals surface area (Å²) >= 11 is 0. The molecule has 0 heterocycles. The summed E-state index contributed by atoms with van der Waals surface area (Å²) < 4.78 is 5.74. The lowest BCUT2D eigenvalue weighted by atomic mass is 10.1. The van der Waals surface area contributed by atoms with E-state index in [1.54, 1.807) is 12.1 Å². The molecule has 5 heteroatoms. The number of carbonyl (C=O) groups excluding carboxylic acids is 1. The van der Waals surface area contributed by atoms with Gasteiger partial charge in [-0.15, -0.1) is 0 Å². The number of rotatable bonds is 10. The Labute approximate surface area is 156 Å². The van der Waals surface area contributed by atoms with Crippen molar-refractivity contribution >= 4 is 11.6 Å². The third-order valence-electron chi connectivity index (χ3n) is 4.37. The van der Waals surface area contributed by atoms with Crippen LogP contribution < -0.4 is 15.8 Å². The summed E-state index contributed by atoms with van der Waals surface area (Å²) in [7, 11) is 0. The molecule has 1 amide bonds. The number of nitrogens with zero attached hydrogens (tertiary/aromatic N) is 1. The monoisotopic (exact) mass is 355 g/mol. The van der Waals surface area contributed by atoms with E-state index in [0.717, 1.165) is 43.1 Å². The number of carbonyl (C=O) groups is 1. The molecule has 0 saturated carbocycles. The Hall–Kier alpha value is -2.53. The zero-order valence-electron chi connectivity index (χ0n) is 15.7. The van der Waals surface area contributed by atoms with Crippen molar-refractivity contribution in [2.75, 3.05) is 38.5 Å². The second-order valence-electron chi connectivity index (χ2n) is 6.15. The minimum absolute atomic E-state index is 0.0739. The smallest absolute Gasteiger partial charge is 0.251 e. The van der Waals surface area contributed by atoms with Gasteiger partial charge in [0.15, 0.2) is 0 Å². The van der Waals surface area contributed by atoms with Crippen molar-refractivity contribution in [3.8, 4) is 5.75 Å². The van der Waals surface area contributed by atoms with Gasteiger partial charge in [-0.2, -0.15) is 0 Å². The van der Waals surface area contributed by atoms with Gasteiger partial charge in [-0.05, 0) is 61.5 Å². The standard InChI is InChI=1S/C21H29N3O2/c1-3-24(4-2)15-16-26-20-11-7-18(8-12-20)21(25)23-14-13-17-5-9-19(22)10-6-17/h5-12H,3-4,13-16,22H2,1-2H3,(H,23,25). The van der Waals surface area contributed by atoms with Crippen LogP contribution in [0.2, 0.25) is 0 Å². The van der Waals surface area contributed by atoms with Crippen molar-refractivity contribution in [3.63, 3.8) is 0 Å². The molecule has 2 rings (SSSR count). The van der Waals surface area contributed by atoms with Crippen molar-refractivity contribution in [2.45, 2.75) is 20.3 Å². The van der Waals surface area contributed by atoms with Crippen LogP contribution in [0.4, 0.5) is 5.69 Å². The van der Waals surface area contributed by atoms with Crippen LogP contribution in [-0.4, -0.2) is 43.6 Å². The van der Waals surface area contributed by atoms with Crippen LogP contribution in [0.25, 0.3) is 0 Å². The van der Waals surface area contributed by atoms with Crippen molar-refractivity contribution < 1.29 is 9.53 Å². The molecule has 0 atom stereocenters. The third-order valence-corrected chi connectivity index (χ3v) is 4.37. The number of benzene rings is 2. The summed E-state index contributed by atoms with van der Waals surface area (Å²) in [6.07, 6.45) is 0.776. The van der Waals surface area contributed by atoms with Crippen LogP contribution in [0.5, 0.6) is 5.75 Å². The molecule has 3 N–H and O–H groups in total. The number of nitrogens with one attached hydrogen (secondary N) is 1. The molecular weight excluding hydrogens is 326 g/mol. The van der Waals surface area contributed by atoms with Gasteiger partial charge in [0.1, 0.15) is 12.4 Å². The normalized spacial score (nSPS) is 10.7. The lowest BCUT2D eigenvalue weighted by Gasteiger charge is -2.18. The lowest BCUT2D eigenvalue weighted by molar-refractivity contribution is 0.0954. The molecule has 140 valence electrons. The number of hydrogen-bond acceptors (Lipinski definition) is 4. The van der Waals surface area contributed by atoms with Crippen molar-refractivity contribution in [1.29, 1.82) is 0 Å². The Bertz CT molecular complexity index is 665. The Balaban J connectivity index is 1.74. The predicted molar refractivity (Wildman–Crippen MR) is 107 cm³/mol. The van der Waals surface area contributed by atoms with E-state index in [9.17, 15) is 4.79 Å². The highest BCUT2D eigenvalue weighted by Crippen LogP contribution is 2.12. The van der Waals surface area contributed by atoms with E-state index in [1.807, 2.05) is 36.4 Å². The molecule has 0 aliphatic heterocycles. The second-order valence-corrected chi connectivity index (χ2v) is 6.15. The van der Waals surface area contributed by atoms with Gasteiger partial charge in [0.25, 0.3) is 5.91 Å². The zero-order chi connectivity index (χ0) is 18.8. The molecule has 0 radical (unpaired) electrons. The van der Waals surface area contributed by atoms with Crippen LogP contribution in [0, 0.1) is 0 Å². The minimum Gasteiger partial charge on any atom is -0.492 e. The highest BCUT2D eigenvalue weighted by atomic mass is 16.5. The van der Waals surface area contributed by atoms with Crippen molar-refractivity contribution in [3.05, 3.63) is 59.7 Å². The topological polar surface area (TPSA) is 67.6 Å². The van der Waals surface area contributed by atoms with Gasteiger partial charge in [-0.1, -0.05) is 26.0 Å². The maximum atomic E-state index is 12.2. The lowest BCUT2D eigenvalue weighted by Crippen LogP contribution is -2.28. The molecule has 0 spiro atoms. The maximum absolute atomic E-state index is 12.2. The number of nitrogens with two attached hydrogens (primary N) is 1. The molecule has 0 aliphatic rings. The second kappa shape index (κ2) is 10.5. The molecule has 0 aliphatic carbocycles. The van der Waals surface area contributed by atoms with Crippen LogP contribution in [-0.2, 0) is 6.42 Å². The van der Waals surface area contributed by atoms with E-state index in [1.165, 1.54) is 0 Å². The van der Waals surface area contributed by atoms with E-state index in [4.69, 9.17) is 10.5 Å². The fraction of sp³-hybridized carbons (Fsp3) is 0.381. The quantitative estimate of drug-likeness (QED) is 0.643. The molecule has 0 unspecified atom stereocenters. The molecule has 0 bridgehead atoms. The Morgan fingerprint density at radius 1 is 1.04 bits per heavy atom. The van der Waals surface area contributed by atoms with Crippen LogP contribution in [0.15, 0.2) is 48.5 Å². The van der Waals surface area contributed by atoms with Gasteiger partial charge in [-0.3, -0.25) is 4.79 Å². The highest BCUT2D eigenvalue weighted by Gasteiger charge is 2.06. The van der Waals surface area contributed by atoms with Crippen molar-refractivity contribution in [2.24, 2.45) is 0 Å². The average molecular weight is 355 g/mol. The Morgan fingerprint density at radius 3 is 2.31 bits per heavy atom. The molecule has 26 heavy (non-hydrogen) atoms. The van der Waals surface area contributed by atoms with E-state index < -0.39 is 0 Å². The SMILES string of the molecule is CCN(CC)CCOc1ccc(C(=O)NCCc2ccc(N)cc2)cc1. The van der Waals surface area contributed by atoms with Gasteiger partial charge >= 0.3 is 0 Å². The predicted octanol–water partition coefficient (Wildman–Crippen LogP) is 2.96. The largest absolute Gasteiger partial charge is 0.492 e. The average Bonchev–Trinajstić information content (AvgIpc) is 2.67. The van der Waals surface area contributed by atoms with Crippen molar-refractivity contribution in [1.82, 2.24) is 10.2 Å². The van der Waals surface area contributed by atoms with Gasteiger partial charge < -0.3 is 20.7 Å². The number of likely N-dealkylation sites (N-methyl/N-ethyl adjacent to an activating group) is 1. The first-order valence-corrected chi connectivity index (χ1v) is 9.20. The fourth-order valence-electron chi connectivity index (χ4n) is 2.64.